The number of hydrogen-bond donors (Lipinski definition) is 1. The van der Waals surface area contributed by atoms with E-state index in [0.29, 0.717) is 23.6 Å². The second-order valence-corrected chi connectivity index (χ2v) is 9.61. The van der Waals surface area contributed by atoms with Crippen LogP contribution in [0.3, 0.4) is 0 Å². The fourth-order valence-corrected chi connectivity index (χ4v) is 5.47. The maximum Gasteiger partial charge on any atom is 0.265 e. The summed E-state index contributed by atoms with van der Waals surface area (Å²) in [5.41, 5.74) is 1.16. The van der Waals surface area contributed by atoms with E-state index in [9.17, 15) is 17.6 Å². The molecule has 1 N–H and O–H groups in total. The largest absolute Gasteiger partial charge is 0.494 e. The van der Waals surface area contributed by atoms with Crippen LogP contribution in [0.15, 0.2) is 64.9 Å². The van der Waals surface area contributed by atoms with Gasteiger partial charge in [-0.2, -0.15) is 0 Å². The number of carbonyl (C=O) groups excluding carboxylic acids is 1. The van der Waals surface area contributed by atoms with Gasteiger partial charge < -0.3 is 10.1 Å². The molecule has 6 nitrogen and oxygen atoms in total. The number of benzene rings is 2. The van der Waals surface area contributed by atoms with Crippen LogP contribution in [0.5, 0.6) is 5.75 Å². The van der Waals surface area contributed by atoms with E-state index < -0.39 is 22.0 Å². The van der Waals surface area contributed by atoms with Gasteiger partial charge in [-0.25, -0.2) is 12.8 Å². The average Bonchev–Trinajstić information content (AvgIpc) is 3.25. The summed E-state index contributed by atoms with van der Waals surface area (Å²) < 4.78 is 46.1. The fraction of sp³-hybridized carbons (Fsp3) is 0.227. The summed E-state index contributed by atoms with van der Waals surface area (Å²) >= 11 is 1.05. The van der Waals surface area contributed by atoms with Gasteiger partial charge in [0, 0.05) is 7.05 Å². The van der Waals surface area contributed by atoms with E-state index in [1.165, 1.54) is 25.2 Å². The number of thiophene rings is 1. The summed E-state index contributed by atoms with van der Waals surface area (Å²) in [5.74, 6) is -0.237. The van der Waals surface area contributed by atoms with Crippen LogP contribution in [-0.2, 0) is 10.0 Å². The fourth-order valence-electron chi connectivity index (χ4n) is 2.97. The number of nitrogens with one attached hydrogen (secondary N) is 1. The van der Waals surface area contributed by atoms with Crippen molar-refractivity contribution in [2.75, 3.05) is 18.0 Å². The number of carbonyl (C=O) groups is 1. The average molecular weight is 463 g/mol. The Labute approximate surface area is 185 Å². The molecule has 31 heavy (non-hydrogen) atoms. The molecule has 0 fully saturated rings. The maximum absolute atomic E-state index is 13.2. The molecule has 1 atom stereocenters. The standard InChI is InChI=1S/C22H23FN2O4S2/c1-4-29-19-11-9-18(10-12-19)25(3)31(27,28)20-13-14-30-21(20)22(26)24-15(2)16-5-7-17(23)8-6-16/h5-15H,4H2,1-3H3,(H,24,26)/t15-/m0/s1. The Bertz CT molecular complexity index is 1140. The Balaban J connectivity index is 1.81. The molecule has 3 rings (SSSR count). The van der Waals surface area contributed by atoms with Crippen molar-refractivity contribution >= 4 is 33.0 Å². The van der Waals surface area contributed by atoms with E-state index >= 15 is 0 Å². The molecule has 0 aliphatic heterocycles. The zero-order chi connectivity index (χ0) is 22.6. The first-order valence-electron chi connectivity index (χ1n) is 9.59. The third-order valence-electron chi connectivity index (χ3n) is 4.70. The van der Waals surface area contributed by atoms with Crippen molar-refractivity contribution in [2.24, 2.45) is 0 Å². The highest BCUT2D eigenvalue weighted by molar-refractivity contribution is 7.93. The van der Waals surface area contributed by atoms with Crippen molar-refractivity contribution in [2.45, 2.75) is 24.8 Å². The van der Waals surface area contributed by atoms with Gasteiger partial charge >= 0.3 is 0 Å². The quantitative estimate of drug-likeness (QED) is 0.531. The Hall–Kier alpha value is -2.91. The van der Waals surface area contributed by atoms with Gasteiger partial charge in [-0.1, -0.05) is 12.1 Å². The predicted molar refractivity (Wildman–Crippen MR) is 120 cm³/mol. The lowest BCUT2D eigenvalue weighted by molar-refractivity contribution is 0.0941. The first-order chi connectivity index (χ1) is 14.7. The smallest absolute Gasteiger partial charge is 0.265 e. The molecule has 1 amide bonds. The third-order valence-corrected chi connectivity index (χ3v) is 7.57. The molecule has 0 aliphatic rings. The van der Waals surface area contributed by atoms with E-state index in [0.717, 1.165) is 15.6 Å². The second-order valence-electron chi connectivity index (χ2n) is 6.76. The van der Waals surface area contributed by atoms with Gasteiger partial charge in [0.15, 0.2) is 0 Å². The van der Waals surface area contributed by atoms with Crippen LogP contribution < -0.4 is 14.4 Å². The van der Waals surface area contributed by atoms with E-state index in [1.807, 2.05) is 6.92 Å². The van der Waals surface area contributed by atoms with Gasteiger partial charge in [-0.3, -0.25) is 9.10 Å². The number of anilines is 1. The molecule has 0 aliphatic carbocycles. The SMILES string of the molecule is CCOc1ccc(N(C)S(=O)(=O)c2ccsc2C(=O)N[C@@H](C)c2ccc(F)cc2)cc1. The third kappa shape index (κ3) is 5.05. The number of rotatable bonds is 8. The molecule has 0 saturated heterocycles. The number of sulfonamides is 1. The molecular weight excluding hydrogens is 439 g/mol. The summed E-state index contributed by atoms with van der Waals surface area (Å²) in [5, 5.41) is 4.35. The van der Waals surface area contributed by atoms with Crippen molar-refractivity contribution < 1.29 is 22.3 Å². The summed E-state index contributed by atoms with van der Waals surface area (Å²) in [4.78, 5) is 12.8. The van der Waals surface area contributed by atoms with Gasteiger partial charge in [0.2, 0.25) is 0 Å². The van der Waals surface area contributed by atoms with Crippen LogP contribution in [-0.4, -0.2) is 28.0 Å². The van der Waals surface area contributed by atoms with Crippen LogP contribution >= 0.6 is 11.3 Å². The summed E-state index contributed by atoms with van der Waals surface area (Å²) in [6.45, 7) is 4.13. The molecule has 164 valence electrons. The minimum absolute atomic E-state index is 0.0716. The first-order valence-corrected chi connectivity index (χ1v) is 11.9. The maximum atomic E-state index is 13.2. The van der Waals surface area contributed by atoms with Crippen LogP contribution in [0.1, 0.15) is 35.1 Å². The molecule has 0 radical (unpaired) electrons. The lowest BCUT2D eigenvalue weighted by Crippen LogP contribution is -2.30. The monoisotopic (exact) mass is 462 g/mol. The number of nitrogens with zero attached hydrogens (tertiary/aromatic N) is 1. The minimum atomic E-state index is -3.96. The van der Waals surface area contributed by atoms with Crippen LogP contribution in [0.25, 0.3) is 0 Å². The van der Waals surface area contributed by atoms with Crippen molar-refractivity contribution in [1.29, 1.82) is 0 Å². The first kappa shape index (κ1) is 22.8. The molecule has 0 spiro atoms. The number of ether oxygens (including phenoxy) is 1. The normalized spacial score (nSPS) is 12.3. The van der Waals surface area contributed by atoms with Gasteiger partial charge in [-0.05, 0) is 67.3 Å². The van der Waals surface area contributed by atoms with E-state index in [-0.39, 0.29) is 15.6 Å². The van der Waals surface area contributed by atoms with E-state index in [4.69, 9.17) is 4.74 Å². The van der Waals surface area contributed by atoms with Gasteiger partial charge in [0.1, 0.15) is 21.3 Å². The number of amides is 1. The van der Waals surface area contributed by atoms with Crippen LogP contribution in [0, 0.1) is 5.82 Å². The highest BCUT2D eigenvalue weighted by Gasteiger charge is 2.29. The number of hydrogen-bond acceptors (Lipinski definition) is 5. The lowest BCUT2D eigenvalue weighted by Gasteiger charge is -2.20. The molecule has 2 aromatic carbocycles. The highest BCUT2D eigenvalue weighted by Crippen LogP contribution is 2.29. The topological polar surface area (TPSA) is 75.7 Å². The number of halogens is 1. The van der Waals surface area contributed by atoms with Crippen molar-refractivity contribution in [3.63, 3.8) is 0 Å². The van der Waals surface area contributed by atoms with Gasteiger partial charge in [-0.15, -0.1) is 11.3 Å². The molecule has 0 saturated carbocycles. The van der Waals surface area contributed by atoms with Crippen LogP contribution in [0.2, 0.25) is 0 Å². The second kappa shape index (κ2) is 9.49. The van der Waals surface area contributed by atoms with Crippen LogP contribution in [0.4, 0.5) is 10.1 Å². The Morgan fingerprint density at radius 3 is 2.39 bits per heavy atom. The van der Waals surface area contributed by atoms with Crippen molar-refractivity contribution in [3.8, 4) is 5.75 Å². The highest BCUT2D eigenvalue weighted by atomic mass is 32.2. The van der Waals surface area contributed by atoms with Crippen molar-refractivity contribution in [3.05, 3.63) is 76.2 Å². The summed E-state index contributed by atoms with van der Waals surface area (Å²) in [6, 6.07) is 13.4. The minimum Gasteiger partial charge on any atom is -0.494 e. The van der Waals surface area contributed by atoms with Gasteiger partial charge in [0.05, 0.1) is 18.3 Å². The van der Waals surface area contributed by atoms with Gasteiger partial charge in [0.25, 0.3) is 15.9 Å². The molecule has 1 heterocycles. The zero-order valence-corrected chi connectivity index (χ0v) is 19.0. The predicted octanol–water partition coefficient (Wildman–Crippen LogP) is 4.60. The molecular formula is C22H23FN2O4S2. The Morgan fingerprint density at radius 1 is 1.13 bits per heavy atom. The Morgan fingerprint density at radius 2 is 1.77 bits per heavy atom. The summed E-state index contributed by atoms with van der Waals surface area (Å²) in [7, 11) is -2.53. The summed E-state index contributed by atoms with van der Waals surface area (Å²) in [6.07, 6.45) is 0. The molecule has 3 aromatic rings. The van der Waals surface area contributed by atoms with E-state index in [2.05, 4.69) is 5.32 Å². The molecule has 0 unspecified atom stereocenters. The molecule has 0 bridgehead atoms. The zero-order valence-electron chi connectivity index (χ0n) is 17.3. The van der Waals surface area contributed by atoms with Crippen molar-refractivity contribution in [1.82, 2.24) is 5.32 Å². The molecule has 9 heteroatoms. The van der Waals surface area contributed by atoms with E-state index in [1.54, 1.807) is 48.7 Å². The Kier molecular flexibility index (Phi) is 6.97. The lowest BCUT2D eigenvalue weighted by atomic mass is 10.1. The molecule has 1 aromatic heterocycles.